The van der Waals surface area contributed by atoms with E-state index in [0.29, 0.717) is 5.82 Å². The average Bonchev–Trinajstić information content (AvgIpc) is 3.16. The number of aliphatic hydroxyl groups is 1. The molecule has 1 atom stereocenters. The van der Waals surface area contributed by atoms with Crippen molar-refractivity contribution in [2.24, 2.45) is 0 Å². The van der Waals surface area contributed by atoms with Gasteiger partial charge in [-0.1, -0.05) is 12.1 Å². The largest absolute Gasteiger partial charge is 0.394 e. The molecule has 25 heavy (non-hydrogen) atoms. The molecule has 3 heterocycles. The topological polar surface area (TPSA) is 83.8 Å². The van der Waals surface area contributed by atoms with E-state index >= 15 is 0 Å². The van der Waals surface area contributed by atoms with E-state index in [1.54, 1.807) is 18.6 Å². The van der Waals surface area contributed by atoms with Crippen LogP contribution in [0.2, 0.25) is 0 Å². The summed E-state index contributed by atoms with van der Waals surface area (Å²) < 4.78 is 0. The quantitative estimate of drug-likeness (QED) is 0.746. The van der Waals surface area contributed by atoms with E-state index in [4.69, 9.17) is 9.97 Å². The van der Waals surface area contributed by atoms with Crippen molar-refractivity contribution in [1.29, 1.82) is 0 Å². The predicted octanol–water partition coefficient (Wildman–Crippen LogP) is 2.57. The van der Waals surface area contributed by atoms with Crippen molar-refractivity contribution in [2.45, 2.75) is 25.3 Å². The van der Waals surface area contributed by atoms with Gasteiger partial charge in [-0.05, 0) is 43.0 Å². The van der Waals surface area contributed by atoms with Crippen molar-refractivity contribution < 1.29 is 5.11 Å². The smallest absolute Gasteiger partial charge is 0.180 e. The first kappa shape index (κ1) is 15.7. The first-order chi connectivity index (χ1) is 12.3. The number of nitrogens with zero attached hydrogens (tertiary/aromatic N) is 4. The Kier molecular flexibility index (Phi) is 4.35. The van der Waals surface area contributed by atoms with Crippen LogP contribution < -0.4 is 5.32 Å². The molecule has 0 bridgehead atoms. The standard InChI is InChI=1S/C19H19N5O/c25-12-17(13-5-4-9-20-11-13)23-18-14-6-3-8-15(14)22-19(24-18)16-7-1-2-10-21-16/h1-2,4-5,7,9-11,17,25H,3,6,8,12H2,(H,22,23,24). The molecular weight excluding hydrogens is 314 g/mol. The summed E-state index contributed by atoms with van der Waals surface area (Å²) in [4.78, 5) is 17.9. The molecule has 126 valence electrons. The van der Waals surface area contributed by atoms with E-state index in [1.807, 2.05) is 30.3 Å². The number of hydrogen-bond acceptors (Lipinski definition) is 6. The van der Waals surface area contributed by atoms with Crippen LogP contribution >= 0.6 is 0 Å². The molecule has 0 aliphatic heterocycles. The van der Waals surface area contributed by atoms with E-state index < -0.39 is 0 Å². The van der Waals surface area contributed by atoms with Gasteiger partial charge in [0.1, 0.15) is 11.5 Å². The second-order valence-electron chi connectivity index (χ2n) is 6.06. The SMILES string of the molecule is OCC(Nc1nc(-c2ccccn2)nc2c1CCC2)c1cccnc1. The molecule has 1 unspecified atom stereocenters. The number of aryl methyl sites for hydroxylation is 1. The molecule has 0 aromatic carbocycles. The molecular formula is C19H19N5O. The zero-order valence-electron chi connectivity index (χ0n) is 13.8. The van der Waals surface area contributed by atoms with Crippen LogP contribution in [0.15, 0.2) is 48.9 Å². The second kappa shape index (κ2) is 6.94. The molecule has 0 spiro atoms. The molecule has 0 amide bonds. The van der Waals surface area contributed by atoms with E-state index in [9.17, 15) is 5.11 Å². The minimum Gasteiger partial charge on any atom is -0.394 e. The van der Waals surface area contributed by atoms with Crippen LogP contribution in [-0.4, -0.2) is 31.6 Å². The average molecular weight is 333 g/mol. The Balaban J connectivity index is 1.72. The van der Waals surface area contributed by atoms with Crippen LogP contribution in [0.3, 0.4) is 0 Å². The lowest BCUT2D eigenvalue weighted by Crippen LogP contribution is -2.18. The Bertz CT molecular complexity index is 854. The summed E-state index contributed by atoms with van der Waals surface area (Å²) in [6, 6.07) is 9.26. The van der Waals surface area contributed by atoms with Gasteiger partial charge in [-0.2, -0.15) is 0 Å². The lowest BCUT2D eigenvalue weighted by molar-refractivity contribution is 0.276. The normalized spacial score (nSPS) is 14.1. The van der Waals surface area contributed by atoms with E-state index in [0.717, 1.165) is 47.6 Å². The number of pyridine rings is 2. The number of aliphatic hydroxyl groups excluding tert-OH is 1. The minimum absolute atomic E-state index is 0.0383. The summed E-state index contributed by atoms with van der Waals surface area (Å²) in [6.45, 7) is -0.0383. The van der Waals surface area contributed by atoms with Gasteiger partial charge < -0.3 is 10.4 Å². The van der Waals surface area contributed by atoms with Crippen molar-refractivity contribution in [3.63, 3.8) is 0 Å². The molecule has 0 saturated heterocycles. The first-order valence-corrected chi connectivity index (χ1v) is 8.43. The molecule has 3 aromatic rings. The number of rotatable bonds is 5. The van der Waals surface area contributed by atoms with Gasteiger partial charge in [0.2, 0.25) is 0 Å². The van der Waals surface area contributed by atoms with Crippen LogP contribution in [-0.2, 0) is 12.8 Å². The fourth-order valence-electron chi connectivity index (χ4n) is 3.14. The summed E-state index contributed by atoms with van der Waals surface area (Å²) in [5.41, 5.74) is 3.89. The molecule has 0 fully saturated rings. The molecule has 4 rings (SSSR count). The summed E-state index contributed by atoms with van der Waals surface area (Å²) >= 11 is 0. The molecule has 0 radical (unpaired) electrons. The third-order valence-electron chi connectivity index (χ3n) is 4.41. The molecule has 1 aliphatic rings. The van der Waals surface area contributed by atoms with E-state index in [-0.39, 0.29) is 12.6 Å². The minimum atomic E-state index is -0.259. The van der Waals surface area contributed by atoms with Gasteiger partial charge in [0, 0.05) is 29.8 Å². The number of anilines is 1. The van der Waals surface area contributed by atoms with Gasteiger partial charge >= 0.3 is 0 Å². The Hall–Kier alpha value is -2.86. The van der Waals surface area contributed by atoms with Gasteiger partial charge in [-0.15, -0.1) is 0 Å². The van der Waals surface area contributed by atoms with Gasteiger partial charge in [-0.25, -0.2) is 9.97 Å². The van der Waals surface area contributed by atoms with Gasteiger partial charge in [0.05, 0.1) is 12.6 Å². The lowest BCUT2D eigenvalue weighted by Gasteiger charge is -2.19. The van der Waals surface area contributed by atoms with Crippen LogP contribution in [0.4, 0.5) is 5.82 Å². The van der Waals surface area contributed by atoms with Crippen molar-refractivity contribution in [3.05, 3.63) is 65.7 Å². The lowest BCUT2D eigenvalue weighted by atomic mass is 10.1. The molecule has 1 aliphatic carbocycles. The molecule has 3 aromatic heterocycles. The van der Waals surface area contributed by atoms with Crippen molar-refractivity contribution in [1.82, 2.24) is 19.9 Å². The monoisotopic (exact) mass is 333 g/mol. The van der Waals surface area contributed by atoms with E-state index in [1.165, 1.54) is 0 Å². The van der Waals surface area contributed by atoms with Gasteiger partial charge in [0.25, 0.3) is 0 Å². The first-order valence-electron chi connectivity index (χ1n) is 8.43. The fraction of sp³-hybridized carbons (Fsp3) is 0.263. The van der Waals surface area contributed by atoms with Gasteiger partial charge in [-0.3, -0.25) is 9.97 Å². The maximum absolute atomic E-state index is 9.83. The Morgan fingerprint density at radius 1 is 1.08 bits per heavy atom. The number of aromatic nitrogens is 4. The van der Waals surface area contributed by atoms with Crippen molar-refractivity contribution in [3.8, 4) is 11.5 Å². The highest BCUT2D eigenvalue weighted by Gasteiger charge is 2.22. The summed E-state index contributed by atoms with van der Waals surface area (Å²) in [5.74, 6) is 1.40. The maximum Gasteiger partial charge on any atom is 0.180 e. The van der Waals surface area contributed by atoms with Crippen molar-refractivity contribution in [2.75, 3.05) is 11.9 Å². The zero-order chi connectivity index (χ0) is 17.1. The Morgan fingerprint density at radius 3 is 2.80 bits per heavy atom. The zero-order valence-corrected chi connectivity index (χ0v) is 13.8. The predicted molar refractivity (Wildman–Crippen MR) is 95.0 cm³/mol. The van der Waals surface area contributed by atoms with Crippen molar-refractivity contribution >= 4 is 5.82 Å². The number of hydrogen-bond donors (Lipinski definition) is 2. The molecule has 6 heteroatoms. The Labute approximate surface area is 146 Å². The Morgan fingerprint density at radius 2 is 2.04 bits per heavy atom. The van der Waals surface area contributed by atoms with E-state index in [2.05, 4.69) is 15.3 Å². The van der Waals surface area contributed by atoms with Crippen LogP contribution in [0, 0.1) is 0 Å². The summed E-state index contributed by atoms with van der Waals surface area (Å²) in [5, 5.41) is 13.2. The second-order valence-corrected chi connectivity index (χ2v) is 6.06. The molecule has 0 saturated carbocycles. The highest BCUT2D eigenvalue weighted by atomic mass is 16.3. The molecule has 2 N–H and O–H groups in total. The number of nitrogens with one attached hydrogen (secondary N) is 1. The number of fused-ring (bicyclic) bond motifs is 1. The van der Waals surface area contributed by atoms with Gasteiger partial charge in [0.15, 0.2) is 5.82 Å². The fourth-order valence-corrected chi connectivity index (χ4v) is 3.14. The van der Waals surface area contributed by atoms with Crippen LogP contribution in [0.25, 0.3) is 11.5 Å². The van der Waals surface area contributed by atoms with Crippen LogP contribution in [0.1, 0.15) is 29.3 Å². The summed E-state index contributed by atoms with van der Waals surface area (Å²) in [7, 11) is 0. The highest BCUT2D eigenvalue weighted by molar-refractivity contribution is 5.58. The third-order valence-corrected chi connectivity index (χ3v) is 4.41. The van der Waals surface area contributed by atoms with Crippen LogP contribution in [0.5, 0.6) is 0 Å². The molecule has 6 nitrogen and oxygen atoms in total. The maximum atomic E-state index is 9.83. The highest BCUT2D eigenvalue weighted by Crippen LogP contribution is 2.30. The summed E-state index contributed by atoms with van der Waals surface area (Å²) in [6.07, 6.45) is 8.19. The third kappa shape index (κ3) is 3.21.